The molecule has 0 fully saturated rings. The number of methoxy groups -OCH3 is 2. The molecule has 6 nitrogen and oxygen atoms in total. The SMILES string of the molecule is COc1cc(OC)cc(-c2ccc3cnn(C(=O)O)c3c2)c1. The molecule has 0 bridgehead atoms. The van der Waals surface area contributed by atoms with Gasteiger partial charge in [0.1, 0.15) is 11.5 Å². The first-order chi connectivity index (χ1) is 10.6. The van der Waals surface area contributed by atoms with E-state index in [-0.39, 0.29) is 0 Å². The minimum absolute atomic E-state index is 0.534. The fourth-order valence-corrected chi connectivity index (χ4v) is 2.32. The van der Waals surface area contributed by atoms with Gasteiger partial charge in [-0.1, -0.05) is 12.1 Å². The number of hydrogen-bond donors (Lipinski definition) is 1. The smallest absolute Gasteiger partial charge is 0.432 e. The number of carbonyl (C=O) groups is 1. The zero-order valence-corrected chi connectivity index (χ0v) is 12.1. The summed E-state index contributed by atoms with van der Waals surface area (Å²) in [5.74, 6) is 1.34. The summed E-state index contributed by atoms with van der Waals surface area (Å²) >= 11 is 0. The Hall–Kier alpha value is -3.02. The Bertz CT molecular complexity index is 832. The van der Waals surface area contributed by atoms with Gasteiger partial charge in [0.05, 0.1) is 25.9 Å². The summed E-state index contributed by atoms with van der Waals surface area (Å²) in [5, 5.41) is 13.8. The first kappa shape index (κ1) is 13.9. The summed E-state index contributed by atoms with van der Waals surface area (Å²) in [6.45, 7) is 0. The van der Waals surface area contributed by atoms with Gasteiger partial charge in [0, 0.05) is 11.5 Å². The lowest BCUT2D eigenvalue weighted by Gasteiger charge is -2.09. The minimum atomic E-state index is -1.12. The predicted molar refractivity (Wildman–Crippen MR) is 81.7 cm³/mol. The van der Waals surface area contributed by atoms with Gasteiger partial charge < -0.3 is 14.6 Å². The molecule has 22 heavy (non-hydrogen) atoms. The van der Waals surface area contributed by atoms with Crippen LogP contribution in [0.1, 0.15) is 0 Å². The molecule has 0 amide bonds. The highest BCUT2D eigenvalue weighted by molar-refractivity contribution is 5.90. The van der Waals surface area contributed by atoms with Crippen LogP contribution in [0.4, 0.5) is 4.79 Å². The Morgan fingerprint density at radius 2 is 1.73 bits per heavy atom. The summed E-state index contributed by atoms with van der Waals surface area (Å²) < 4.78 is 11.5. The van der Waals surface area contributed by atoms with Crippen molar-refractivity contribution in [3.63, 3.8) is 0 Å². The van der Waals surface area contributed by atoms with Crippen LogP contribution in [0.15, 0.2) is 42.6 Å². The lowest BCUT2D eigenvalue weighted by molar-refractivity contribution is 0.194. The largest absolute Gasteiger partial charge is 0.497 e. The number of benzene rings is 2. The second kappa shape index (κ2) is 5.40. The monoisotopic (exact) mass is 298 g/mol. The van der Waals surface area contributed by atoms with Crippen molar-refractivity contribution in [2.75, 3.05) is 14.2 Å². The molecule has 0 aliphatic heterocycles. The lowest BCUT2D eigenvalue weighted by atomic mass is 10.0. The maximum atomic E-state index is 11.2. The molecule has 0 radical (unpaired) electrons. The Morgan fingerprint density at radius 1 is 1.05 bits per heavy atom. The van der Waals surface area contributed by atoms with Gasteiger partial charge in [0.15, 0.2) is 0 Å². The van der Waals surface area contributed by atoms with E-state index >= 15 is 0 Å². The zero-order valence-electron chi connectivity index (χ0n) is 12.1. The summed E-state index contributed by atoms with van der Waals surface area (Å²) in [5.41, 5.74) is 2.26. The number of nitrogens with zero attached hydrogens (tertiary/aromatic N) is 2. The summed E-state index contributed by atoms with van der Waals surface area (Å²) in [4.78, 5) is 11.2. The van der Waals surface area contributed by atoms with Crippen molar-refractivity contribution in [1.82, 2.24) is 9.78 Å². The van der Waals surface area contributed by atoms with Crippen molar-refractivity contribution < 1.29 is 19.4 Å². The van der Waals surface area contributed by atoms with E-state index in [0.29, 0.717) is 17.0 Å². The molecule has 1 heterocycles. The van der Waals surface area contributed by atoms with Crippen molar-refractivity contribution in [3.8, 4) is 22.6 Å². The summed E-state index contributed by atoms with van der Waals surface area (Å²) in [7, 11) is 3.17. The van der Waals surface area contributed by atoms with Gasteiger partial charge in [-0.15, -0.1) is 0 Å². The number of ether oxygens (including phenoxy) is 2. The number of aromatic nitrogens is 2. The van der Waals surface area contributed by atoms with Gasteiger partial charge in [-0.05, 0) is 29.3 Å². The van der Waals surface area contributed by atoms with Crippen LogP contribution < -0.4 is 9.47 Å². The molecule has 3 aromatic rings. The second-order valence-corrected chi connectivity index (χ2v) is 4.71. The highest BCUT2D eigenvalue weighted by Gasteiger charge is 2.11. The third-order valence-corrected chi connectivity index (χ3v) is 3.44. The molecule has 0 atom stereocenters. The molecular weight excluding hydrogens is 284 g/mol. The van der Waals surface area contributed by atoms with E-state index in [9.17, 15) is 4.79 Å². The van der Waals surface area contributed by atoms with Crippen LogP contribution in [0.3, 0.4) is 0 Å². The van der Waals surface area contributed by atoms with E-state index in [1.165, 1.54) is 6.20 Å². The third-order valence-electron chi connectivity index (χ3n) is 3.44. The first-order valence-corrected chi connectivity index (χ1v) is 6.57. The van der Waals surface area contributed by atoms with Crippen molar-refractivity contribution >= 4 is 17.0 Å². The average Bonchev–Trinajstić information content (AvgIpc) is 2.97. The van der Waals surface area contributed by atoms with Crippen molar-refractivity contribution in [3.05, 3.63) is 42.6 Å². The molecule has 0 unspecified atom stereocenters. The molecule has 0 aliphatic carbocycles. The fraction of sp³-hybridized carbons (Fsp3) is 0.125. The maximum absolute atomic E-state index is 11.2. The van der Waals surface area contributed by atoms with E-state index < -0.39 is 6.09 Å². The lowest BCUT2D eigenvalue weighted by Crippen LogP contribution is -2.08. The standard InChI is InChI=1S/C16H14N2O4/c1-21-13-5-12(6-14(8-13)22-2)10-3-4-11-9-17-18(16(19)20)15(11)7-10/h3-9H,1-2H3,(H,19,20). The Kier molecular flexibility index (Phi) is 3.42. The molecule has 2 aromatic carbocycles. The molecule has 0 saturated carbocycles. The van der Waals surface area contributed by atoms with Crippen molar-refractivity contribution in [2.24, 2.45) is 0 Å². The van der Waals surface area contributed by atoms with Crippen LogP contribution in [-0.2, 0) is 0 Å². The summed E-state index contributed by atoms with van der Waals surface area (Å²) in [6.07, 6.45) is 0.412. The van der Waals surface area contributed by atoms with Crippen LogP contribution in [-0.4, -0.2) is 35.2 Å². The molecule has 0 aliphatic rings. The molecule has 3 rings (SSSR count). The second-order valence-electron chi connectivity index (χ2n) is 4.71. The Morgan fingerprint density at radius 3 is 2.32 bits per heavy atom. The molecular formula is C16H14N2O4. The Labute approximate surface area is 126 Å². The molecule has 0 spiro atoms. The van der Waals surface area contributed by atoms with Crippen LogP contribution in [0, 0.1) is 0 Å². The van der Waals surface area contributed by atoms with Crippen LogP contribution in [0.5, 0.6) is 11.5 Å². The van der Waals surface area contributed by atoms with Crippen molar-refractivity contribution in [2.45, 2.75) is 0 Å². The average molecular weight is 298 g/mol. The van der Waals surface area contributed by atoms with Gasteiger partial charge >= 0.3 is 6.09 Å². The highest BCUT2D eigenvalue weighted by atomic mass is 16.5. The van der Waals surface area contributed by atoms with E-state index in [0.717, 1.165) is 21.2 Å². The predicted octanol–water partition coefficient (Wildman–Crippen LogP) is 3.25. The number of carboxylic acid groups (broad SMARTS) is 1. The fourth-order valence-electron chi connectivity index (χ4n) is 2.32. The molecule has 6 heteroatoms. The summed E-state index contributed by atoms with van der Waals surface area (Å²) in [6, 6.07) is 11.0. The van der Waals surface area contributed by atoms with E-state index in [2.05, 4.69) is 5.10 Å². The number of rotatable bonds is 3. The van der Waals surface area contributed by atoms with Crippen LogP contribution in [0.25, 0.3) is 22.0 Å². The third kappa shape index (κ3) is 2.35. The molecule has 1 N–H and O–H groups in total. The van der Waals surface area contributed by atoms with E-state index in [4.69, 9.17) is 14.6 Å². The van der Waals surface area contributed by atoms with Gasteiger partial charge in [0.2, 0.25) is 0 Å². The van der Waals surface area contributed by atoms with Crippen LogP contribution in [0.2, 0.25) is 0 Å². The normalized spacial score (nSPS) is 10.6. The Balaban J connectivity index is 2.17. The number of hydrogen-bond acceptors (Lipinski definition) is 4. The minimum Gasteiger partial charge on any atom is -0.497 e. The van der Waals surface area contributed by atoms with Gasteiger partial charge in [-0.25, -0.2) is 4.79 Å². The zero-order chi connectivity index (χ0) is 15.7. The number of fused-ring (bicyclic) bond motifs is 1. The van der Waals surface area contributed by atoms with E-state index in [1.54, 1.807) is 26.4 Å². The van der Waals surface area contributed by atoms with E-state index in [1.807, 2.05) is 24.3 Å². The van der Waals surface area contributed by atoms with Crippen molar-refractivity contribution in [1.29, 1.82) is 0 Å². The van der Waals surface area contributed by atoms with Gasteiger partial charge in [-0.3, -0.25) is 0 Å². The topological polar surface area (TPSA) is 73.6 Å². The van der Waals surface area contributed by atoms with Gasteiger partial charge in [-0.2, -0.15) is 9.78 Å². The van der Waals surface area contributed by atoms with Gasteiger partial charge in [0.25, 0.3) is 0 Å². The quantitative estimate of drug-likeness (QED) is 0.803. The maximum Gasteiger partial charge on any atom is 0.432 e. The molecule has 1 aromatic heterocycles. The van der Waals surface area contributed by atoms with Crippen LogP contribution >= 0.6 is 0 Å². The molecule has 0 saturated heterocycles. The first-order valence-electron chi connectivity index (χ1n) is 6.57. The highest BCUT2D eigenvalue weighted by Crippen LogP contribution is 2.31. The molecule has 112 valence electrons.